The van der Waals surface area contributed by atoms with Gasteiger partial charge in [0.05, 0.1) is 5.41 Å². The maximum absolute atomic E-state index is 12.6. The minimum Gasteiger partial charge on any atom is -0.481 e. The predicted octanol–water partition coefficient (Wildman–Crippen LogP) is 0.323. The number of likely N-dealkylation sites (tertiary alicyclic amines) is 1. The van der Waals surface area contributed by atoms with E-state index in [-0.39, 0.29) is 12.6 Å². The molecule has 0 radical (unpaired) electrons. The number of hydrogen-bond acceptors (Lipinski definition) is 5. The van der Waals surface area contributed by atoms with Crippen molar-refractivity contribution in [2.24, 2.45) is 5.41 Å². The van der Waals surface area contributed by atoms with Gasteiger partial charge in [0.25, 0.3) is 0 Å². The Morgan fingerprint density at radius 3 is 2.52 bits per heavy atom. The Bertz CT molecular complexity index is 550. The lowest BCUT2D eigenvalue weighted by Gasteiger charge is -2.36. The number of carbonyl (C=O) groups is 2. The number of carbonyl (C=O) groups excluding carboxylic acids is 1. The second-order valence-corrected chi connectivity index (χ2v) is 9.23. The van der Waals surface area contributed by atoms with Gasteiger partial charge in [-0.1, -0.05) is 0 Å². The first-order valence-electron chi connectivity index (χ1n) is 6.71. The molecule has 0 spiro atoms. The van der Waals surface area contributed by atoms with Crippen molar-refractivity contribution in [2.75, 3.05) is 37.4 Å². The largest absolute Gasteiger partial charge is 0.481 e. The summed E-state index contributed by atoms with van der Waals surface area (Å²) in [4.78, 5) is 26.6. The van der Waals surface area contributed by atoms with Crippen LogP contribution >= 0.6 is 11.8 Å². The number of carboxylic acid groups (broad SMARTS) is 1. The molecule has 2 aliphatic rings. The van der Waals surface area contributed by atoms with Gasteiger partial charge in [0.15, 0.2) is 9.84 Å². The molecule has 2 aliphatic heterocycles. The van der Waals surface area contributed by atoms with Crippen LogP contribution < -0.4 is 0 Å². The van der Waals surface area contributed by atoms with E-state index in [1.54, 1.807) is 6.92 Å². The second kappa shape index (κ2) is 5.68. The molecule has 0 aromatic carbocycles. The SMILES string of the molecule is CC1(C(=O)O)CCN(C(=O)N2CCSCC2S(C)(=O)=O)C1. The first kappa shape index (κ1) is 16.4. The van der Waals surface area contributed by atoms with Crippen LogP contribution in [0.3, 0.4) is 0 Å². The number of rotatable bonds is 2. The summed E-state index contributed by atoms with van der Waals surface area (Å²) in [5.74, 6) is 0.141. The minimum atomic E-state index is -3.35. The molecule has 2 saturated heterocycles. The van der Waals surface area contributed by atoms with E-state index in [9.17, 15) is 23.1 Å². The van der Waals surface area contributed by atoms with Crippen LogP contribution in [0.25, 0.3) is 0 Å². The Labute approximate surface area is 128 Å². The van der Waals surface area contributed by atoms with Crippen LogP contribution in [0.1, 0.15) is 13.3 Å². The van der Waals surface area contributed by atoms with Gasteiger partial charge in [-0.2, -0.15) is 11.8 Å². The summed E-state index contributed by atoms with van der Waals surface area (Å²) in [6.45, 7) is 2.47. The Hall–Kier alpha value is -0.960. The quantitative estimate of drug-likeness (QED) is 0.780. The number of carboxylic acids is 1. The molecular formula is C12H20N2O5S2. The highest BCUT2D eigenvalue weighted by atomic mass is 32.2. The van der Waals surface area contributed by atoms with Crippen molar-refractivity contribution in [1.29, 1.82) is 0 Å². The molecular weight excluding hydrogens is 316 g/mol. The van der Waals surface area contributed by atoms with E-state index in [0.717, 1.165) is 6.26 Å². The molecule has 2 unspecified atom stereocenters. The van der Waals surface area contributed by atoms with E-state index in [1.165, 1.54) is 21.6 Å². The predicted molar refractivity (Wildman–Crippen MR) is 80.0 cm³/mol. The van der Waals surface area contributed by atoms with Crippen LogP contribution in [-0.4, -0.2) is 78.1 Å². The Balaban J connectivity index is 2.14. The van der Waals surface area contributed by atoms with Gasteiger partial charge in [-0.25, -0.2) is 13.2 Å². The van der Waals surface area contributed by atoms with Gasteiger partial charge in [-0.05, 0) is 13.3 Å². The fourth-order valence-corrected chi connectivity index (χ4v) is 5.44. The molecule has 0 saturated carbocycles. The highest BCUT2D eigenvalue weighted by molar-refractivity contribution is 8.00. The highest BCUT2D eigenvalue weighted by Gasteiger charge is 2.45. The highest BCUT2D eigenvalue weighted by Crippen LogP contribution is 2.32. The molecule has 2 fully saturated rings. The summed E-state index contributed by atoms with van der Waals surface area (Å²) in [6, 6.07) is -0.365. The molecule has 2 heterocycles. The van der Waals surface area contributed by atoms with Gasteiger partial charge in [-0.15, -0.1) is 0 Å². The normalized spacial score (nSPS) is 30.5. The van der Waals surface area contributed by atoms with Gasteiger partial charge in [-0.3, -0.25) is 4.79 Å². The van der Waals surface area contributed by atoms with Gasteiger partial charge in [0.1, 0.15) is 5.37 Å². The third-order valence-electron chi connectivity index (χ3n) is 4.08. The summed E-state index contributed by atoms with van der Waals surface area (Å²) in [5, 5.41) is 8.39. The van der Waals surface area contributed by atoms with Crippen molar-refractivity contribution in [3.05, 3.63) is 0 Å². The van der Waals surface area contributed by atoms with Crippen molar-refractivity contribution in [3.8, 4) is 0 Å². The maximum Gasteiger partial charge on any atom is 0.321 e. The van der Waals surface area contributed by atoms with Crippen molar-refractivity contribution in [2.45, 2.75) is 18.7 Å². The number of thioether (sulfide) groups is 1. The van der Waals surface area contributed by atoms with Gasteiger partial charge in [0.2, 0.25) is 0 Å². The van der Waals surface area contributed by atoms with E-state index >= 15 is 0 Å². The summed E-state index contributed by atoms with van der Waals surface area (Å²) in [6.07, 6.45) is 1.52. The summed E-state index contributed by atoms with van der Waals surface area (Å²) < 4.78 is 23.7. The molecule has 2 amide bonds. The van der Waals surface area contributed by atoms with Crippen LogP contribution in [0.4, 0.5) is 4.79 Å². The number of hydrogen-bond donors (Lipinski definition) is 1. The fourth-order valence-electron chi connectivity index (χ4n) is 2.64. The Morgan fingerprint density at radius 2 is 2.00 bits per heavy atom. The van der Waals surface area contributed by atoms with E-state index in [1.807, 2.05) is 0 Å². The molecule has 0 aromatic heterocycles. The van der Waals surface area contributed by atoms with Crippen molar-refractivity contribution >= 4 is 33.6 Å². The van der Waals surface area contributed by atoms with Crippen LogP contribution in [0.5, 0.6) is 0 Å². The number of urea groups is 1. The second-order valence-electron chi connectivity index (χ2n) is 5.87. The molecule has 21 heavy (non-hydrogen) atoms. The standard InChI is InChI=1S/C12H20N2O5S2/c1-12(10(15)16)3-4-13(8-12)11(17)14-5-6-20-7-9(14)21(2,18)19/h9H,3-8H2,1-2H3,(H,15,16). The average Bonchev–Trinajstić information content (AvgIpc) is 2.81. The van der Waals surface area contributed by atoms with Crippen molar-refractivity contribution in [1.82, 2.24) is 9.80 Å². The Morgan fingerprint density at radius 1 is 1.33 bits per heavy atom. The first-order chi connectivity index (χ1) is 9.65. The van der Waals surface area contributed by atoms with E-state index < -0.39 is 26.6 Å². The van der Waals surface area contributed by atoms with Crippen LogP contribution in [0.15, 0.2) is 0 Å². The van der Waals surface area contributed by atoms with E-state index in [4.69, 9.17) is 0 Å². The summed E-state index contributed by atoms with van der Waals surface area (Å²) in [5.41, 5.74) is -0.944. The van der Waals surface area contributed by atoms with Crippen LogP contribution in [0, 0.1) is 5.41 Å². The third-order valence-corrected chi connectivity index (χ3v) is 6.73. The van der Waals surface area contributed by atoms with Gasteiger partial charge < -0.3 is 14.9 Å². The first-order valence-corrected chi connectivity index (χ1v) is 9.82. The summed E-state index contributed by atoms with van der Waals surface area (Å²) >= 11 is 1.51. The molecule has 2 atom stereocenters. The van der Waals surface area contributed by atoms with E-state index in [2.05, 4.69) is 0 Å². The number of aliphatic carboxylic acids is 1. The van der Waals surface area contributed by atoms with Crippen LogP contribution in [-0.2, 0) is 14.6 Å². The minimum absolute atomic E-state index is 0.126. The zero-order valence-corrected chi connectivity index (χ0v) is 13.7. The lowest BCUT2D eigenvalue weighted by molar-refractivity contribution is -0.147. The fraction of sp³-hybridized carbons (Fsp3) is 0.833. The zero-order valence-electron chi connectivity index (χ0n) is 12.1. The van der Waals surface area contributed by atoms with Crippen molar-refractivity contribution in [3.63, 3.8) is 0 Å². The smallest absolute Gasteiger partial charge is 0.321 e. The summed E-state index contributed by atoms with van der Waals surface area (Å²) in [7, 11) is -3.35. The lowest BCUT2D eigenvalue weighted by Crippen LogP contribution is -2.54. The average molecular weight is 336 g/mol. The lowest BCUT2D eigenvalue weighted by atomic mass is 9.90. The van der Waals surface area contributed by atoms with E-state index in [0.29, 0.717) is 31.0 Å². The number of amides is 2. The number of nitrogens with zero attached hydrogens (tertiary/aromatic N) is 2. The molecule has 7 nitrogen and oxygen atoms in total. The molecule has 120 valence electrons. The monoisotopic (exact) mass is 336 g/mol. The molecule has 0 aromatic rings. The Kier molecular flexibility index (Phi) is 4.44. The molecule has 9 heteroatoms. The molecule has 1 N–H and O–H groups in total. The molecule has 0 aliphatic carbocycles. The molecule has 0 bridgehead atoms. The molecule has 2 rings (SSSR count). The van der Waals surface area contributed by atoms with Gasteiger partial charge >= 0.3 is 12.0 Å². The number of sulfone groups is 1. The maximum atomic E-state index is 12.6. The van der Waals surface area contributed by atoms with Crippen molar-refractivity contribution < 1.29 is 23.1 Å². The third kappa shape index (κ3) is 3.28. The zero-order chi connectivity index (χ0) is 15.8. The topological polar surface area (TPSA) is 95.0 Å². The van der Waals surface area contributed by atoms with Crippen LogP contribution in [0.2, 0.25) is 0 Å². The van der Waals surface area contributed by atoms with Gasteiger partial charge in [0, 0.05) is 37.4 Å².